The molecule has 0 saturated heterocycles. The molecule has 1 N–H and O–H groups in total. The second kappa shape index (κ2) is 20.9. The lowest BCUT2D eigenvalue weighted by Gasteiger charge is -2.30. The number of rotatable bonds is 20. The average Bonchev–Trinajstić information content (AvgIpc) is 2.98. The smallest absolute Gasteiger partial charge is 0.460 e. The molecule has 0 radical (unpaired) electrons. The number of ether oxygens (including phenoxy) is 4. The van der Waals surface area contributed by atoms with E-state index in [1.807, 2.05) is 24.3 Å². The average molecular weight is 642 g/mol. The van der Waals surface area contributed by atoms with Gasteiger partial charge < -0.3 is 24.3 Å². The summed E-state index contributed by atoms with van der Waals surface area (Å²) in [7, 11) is 1.77. The van der Waals surface area contributed by atoms with Crippen LogP contribution in [-0.2, 0) is 35.0 Å². The van der Waals surface area contributed by atoms with Crippen molar-refractivity contribution in [2.24, 2.45) is 0 Å². The molecule has 258 valence electrons. The van der Waals surface area contributed by atoms with Crippen molar-refractivity contribution in [2.45, 2.75) is 156 Å². The topological polar surface area (TPSA) is 100 Å². The SMILES string of the molecule is CCCCCCCCCCCCCC(Cc1ccc(C2C(C(=O)OC(=O)OC(C)C)=C(C)NC(C)=C2C(=O)OC(C)C)cc1)OC. The van der Waals surface area contributed by atoms with Crippen LogP contribution in [0, 0.1) is 0 Å². The van der Waals surface area contributed by atoms with Gasteiger partial charge in [-0.1, -0.05) is 102 Å². The van der Waals surface area contributed by atoms with Crippen molar-refractivity contribution in [3.63, 3.8) is 0 Å². The van der Waals surface area contributed by atoms with Crippen molar-refractivity contribution in [2.75, 3.05) is 7.11 Å². The Hall–Kier alpha value is -3.13. The number of methoxy groups -OCH3 is 1. The Morgan fingerprint density at radius 1 is 0.717 bits per heavy atom. The van der Waals surface area contributed by atoms with E-state index in [0.29, 0.717) is 22.5 Å². The van der Waals surface area contributed by atoms with Crippen LogP contribution in [-0.4, -0.2) is 43.5 Å². The first-order chi connectivity index (χ1) is 22.0. The molecular weight excluding hydrogens is 582 g/mol. The minimum Gasteiger partial charge on any atom is -0.460 e. The molecule has 0 aromatic heterocycles. The van der Waals surface area contributed by atoms with Gasteiger partial charge in [-0.25, -0.2) is 14.4 Å². The van der Waals surface area contributed by atoms with E-state index in [9.17, 15) is 14.4 Å². The second-order valence-electron chi connectivity index (χ2n) is 13.0. The molecule has 1 aliphatic heterocycles. The zero-order valence-corrected chi connectivity index (χ0v) is 29.7. The lowest BCUT2D eigenvalue weighted by molar-refractivity contribution is -0.143. The molecular formula is C38H59NO7. The second-order valence-corrected chi connectivity index (χ2v) is 13.0. The van der Waals surface area contributed by atoms with Crippen molar-refractivity contribution >= 4 is 18.1 Å². The van der Waals surface area contributed by atoms with Crippen molar-refractivity contribution in [1.82, 2.24) is 5.32 Å². The van der Waals surface area contributed by atoms with Crippen LogP contribution in [0.15, 0.2) is 46.8 Å². The number of esters is 2. The summed E-state index contributed by atoms with van der Waals surface area (Å²) in [4.78, 5) is 38.9. The van der Waals surface area contributed by atoms with Crippen LogP contribution in [0.3, 0.4) is 0 Å². The van der Waals surface area contributed by atoms with Gasteiger partial charge in [-0.15, -0.1) is 0 Å². The zero-order valence-electron chi connectivity index (χ0n) is 29.7. The van der Waals surface area contributed by atoms with Gasteiger partial charge in [0.1, 0.15) is 0 Å². The summed E-state index contributed by atoms with van der Waals surface area (Å²) in [6, 6.07) is 7.86. The standard InChI is InChI=1S/C38H59NO7/c1-9-10-11-12-13-14-15-16-17-18-19-20-32(43-8)25-30-21-23-31(24-22-30)35-33(36(40)44-26(2)3)28(6)39-29(7)34(35)37(41)46-38(42)45-27(4)5/h21-24,26-27,32,35,39H,9-20,25H2,1-8H3. The summed E-state index contributed by atoms with van der Waals surface area (Å²) in [5.74, 6) is -2.21. The number of unbranched alkanes of at least 4 members (excludes halogenated alkanes) is 10. The van der Waals surface area contributed by atoms with E-state index in [1.165, 1.54) is 64.2 Å². The van der Waals surface area contributed by atoms with E-state index in [2.05, 4.69) is 12.2 Å². The molecule has 8 nitrogen and oxygen atoms in total. The lowest BCUT2D eigenvalue weighted by atomic mass is 9.80. The molecule has 0 saturated carbocycles. The molecule has 2 rings (SSSR count). The van der Waals surface area contributed by atoms with Crippen LogP contribution < -0.4 is 5.32 Å². The van der Waals surface area contributed by atoms with Crippen molar-refractivity contribution in [3.05, 3.63) is 57.9 Å². The van der Waals surface area contributed by atoms with Crippen LogP contribution >= 0.6 is 0 Å². The normalized spacial score (nSPS) is 15.7. The summed E-state index contributed by atoms with van der Waals surface area (Å²) in [5, 5.41) is 3.11. The molecule has 1 aromatic rings. The van der Waals surface area contributed by atoms with Crippen molar-refractivity contribution in [3.8, 4) is 0 Å². The highest BCUT2D eigenvalue weighted by molar-refractivity contribution is 6.02. The first kappa shape index (κ1) is 39.1. The Kier molecular flexibility index (Phi) is 17.7. The Morgan fingerprint density at radius 3 is 1.72 bits per heavy atom. The molecule has 0 aliphatic carbocycles. The van der Waals surface area contributed by atoms with Crippen LogP contribution in [0.5, 0.6) is 0 Å². The minimum absolute atomic E-state index is 0.113. The Balaban J connectivity index is 2.10. The monoisotopic (exact) mass is 641 g/mol. The zero-order chi connectivity index (χ0) is 34.1. The predicted octanol–water partition coefficient (Wildman–Crippen LogP) is 9.22. The summed E-state index contributed by atoms with van der Waals surface area (Å²) in [5.41, 5.74) is 3.32. The summed E-state index contributed by atoms with van der Waals surface area (Å²) in [6.07, 6.45) is 14.4. The van der Waals surface area contributed by atoms with Crippen LogP contribution in [0.2, 0.25) is 0 Å². The Labute approximate surface area is 277 Å². The third kappa shape index (κ3) is 13.3. The van der Waals surface area contributed by atoms with E-state index in [0.717, 1.165) is 24.8 Å². The van der Waals surface area contributed by atoms with E-state index in [1.54, 1.807) is 48.7 Å². The molecule has 1 aliphatic rings. The van der Waals surface area contributed by atoms with E-state index in [4.69, 9.17) is 18.9 Å². The van der Waals surface area contributed by atoms with E-state index >= 15 is 0 Å². The van der Waals surface area contributed by atoms with Gasteiger partial charge in [0.05, 0.1) is 35.4 Å². The molecule has 1 heterocycles. The fourth-order valence-corrected chi connectivity index (χ4v) is 5.94. The predicted molar refractivity (Wildman–Crippen MR) is 182 cm³/mol. The number of hydrogen-bond acceptors (Lipinski definition) is 8. The van der Waals surface area contributed by atoms with Crippen LogP contribution in [0.4, 0.5) is 4.79 Å². The number of nitrogens with one attached hydrogen (secondary N) is 1. The number of benzene rings is 1. The van der Waals surface area contributed by atoms with Gasteiger partial charge in [-0.3, -0.25) is 0 Å². The molecule has 1 aromatic carbocycles. The van der Waals surface area contributed by atoms with Gasteiger partial charge in [0.15, 0.2) is 0 Å². The highest BCUT2D eigenvalue weighted by atomic mass is 16.7. The van der Waals surface area contributed by atoms with Crippen LogP contribution in [0.25, 0.3) is 0 Å². The highest BCUT2D eigenvalue weighted by Gasteiger charge is 2.39. The quantitative estimate of drug-likeness (QED) is 0.0854. The third-order valence-corrected chi connectivity index (χ3v) is 8.29. The Morgan fingerprint density at radius 2 is 1.22 bits per heavy atom. The van der Waals surface area contributed by atoms with Gasteiger partial charge in [-0.2, -0.15) is 0 Å². The molecule has 0 amide bonds. The molecule has 0 fully saturated rings. The Bertz CT molecular complexity index is 1170. The van der Waals surface area contributed by atoms with Crippen molar-refractivity contribution < 1.29 is 33.3 Å². The molecule has 8 heteroatoms. The number of carbonyl (C=O) groups excluding carboxylic acids is 3. The van der Waals surface area contributed by atoms with Crippen molar-refractivity contribution in [1.29, 1.82) is 0 Å². The first-order valence-corrected chi connectivity index (χ1v) is 17.4. The molecule has 46 heavy (non-hydrogen) atoms. The van der Waals surface area contributed by atoms with Gasteiger partial charge in [0.25, 0.3) is 0 Å². The third-order valence-electron chi connectivity index (χ3n) is 8.29. The fraction of sp³-hybridized carbons (Fsp3) is 0.658. The van der Waals surface area contributed by atoms with Gasteiger partial charge >= 0.3 is 18.1 Å². The first-order valence-electron chi connectivity index (χ1n) is 17.4. The molecule has 0 bridgehead atoms. The summed E-state index contributed by atoms with van der Waals surface area (Å²) in [6.45, 7) is 12.6. The lowest BCUT2D eigenvalue weighted by Crippen LogP contribution is -2.34. The number of allylic oxidation sites excluding steroid dienone is 2. The molecule has 2 atom stereocenters. The van der Waals surface area contributed by atoms with E-state index < -0.39 is 30.1 Å². The number of carbonyl (C=O) groups is 3. The minimum atomic E-state index is -1.09. The van der Waals surface area contributed by atoms with Gasteiger partial charge in [0, 0.05) is 18.5 Å². The summed E-state index contributed by atoms with van der Waals surface area (Å²) < 4.78 is 21.5. The van der Waals surface area contributed by atoms with Crippen LogP contribution in [0.1, 0.15) is 143 Å². The fourth-order valence-electron chi connectivity index (χ4n) is 5.94. The maximum atomic E-state index is 13.4. The molecule has 0 spiro atoms. The van der Waals surface area contributed by atoms with E-state index in [-0.39, 0.29) is 17.8 Å². The number of hydrogen-bond donors (Lipinski definition) is 1. The van der Waals surface area contributed by atoms with Gasteiger partial charge in [-0.05, 0) is 65.5 Å². The largest absolute Gasteiger partial charge is 0.516 e. The number of dihydropyridines is 1. The summed E-state index contributed by atoms with van der Waals surface area (Å²) >= 11 is 0. The molecule has 2 unspecified atom stereocenters. The van der Waals surface area contributed by atoms with Gasteiger partial charge in [0.2, 0.25) is 0 Å². The maximum Gasteiger partial charge on any atom is 0.516 e. The maximum absolute atomic E-state index is 13.4. The highest BCUT2D eigenvalue weighted by Crippen LogP contribution is 2.39.